The molecule has 2 aliphatic rings. The van der Waals surface area contributed by atoms with Crippen molar-refractivity contribution in [3.8, 4) is 0 Å². The van der Waals surface area contributed by atoms with Crippen LogP contribution in [0.25, 0.3) is 33.5 Å². The molecule has 0 spiro atoms. The molecule has 2 aromatic carbocycles. The molecule has 2 heterocycles. The van der Waals surface area contributed by atoms with E-state index >= 15 is 0 Å². The van der Waals surface area contributed by atoms with Crippen LogP contribution >= 0.6 is 0 Å². The second kappa shape index (κ2) is 7.62. The van der Waals surface area contributed by atoms with Crippen molar-refractivity contribution in [3.63, 3.8) is 0 Å². The minimum Gasteiger partial charge on any atom is -0.508 e. The molecule has 0 fully saturated rings. The highest BCUT2D eigenvalue weighted by Crippen LogP contribution is 2.40. The highest BCUT2D eigenvalue weighted by molar-refractivity contribution is 5.75. The van der Waals surface area contributed by atoms with Gasteiger partial charge in [-0.15, -0.1) is 20.4 Å². The van der Waals surface area contributed by atoms with E-state index in [4.69, 9.17) is 0 Å². The van der Waals surface area contributed by atoms with Crippen LogP contribution in [0.4, 0.5) is 0 Å². The van der Waals surface area contributed by atoms with Crippen LogP contribution in [0, 0.1) is 0 Å². The number of nitrogens with zero attached hydrogens (tertiary/aromatic N) is 6. The standard InChI is InChI=1S/C25H22N6O4/c32-18-9-16(30-26-20-5-1-2-6-21(20)27-30)11-24(34,13-18)15-25(35)12-17(10-19(33)14-25)31-28-22-7-3-4-8-23(22)29-31/h1-10,13-14,32-35H,11-12,15H2. The summed E-state index contributed by atoms with van der Waals surface area (Å²) in [5.41, 5.74) is 0.378. The smallest absolute Gasteiger partial charge is 0.116 e. The highest BCUT2D eigenvalue weighted by atomic mass is 16.3. The number of aromatic nitrogens is 6. The zero-order chi connectivity index (χ0) is 24.2. The summed E-state index contributed by atoms with van der Waals surface area (Å²) in [5.74, 6) is -0.336. The Morgan fingerprint density at radius 3 is 1.31 bits per heavy atom. The molecule has 10 heteroatoms. The van der Waals surface area contributed by atoms with E-state index in [9.17, 15) is 20.4 Å². The Morgan fingerprint density at radius 2 is 0.971 bits per heavy atom. The number of aliphatic hydroxyl groups excluding tert-OH is 2. The first kappa shape index (κ1) is 21.3. The molecule has 0 saturated carbocycles. The van der Waals surface area contributed by atoms with E-state index in [1.54, 1.807) is 0 Å². The average Bonchev–Trinajstić information content (AvgIpc) is 3.41. The second-order valence-electron chi connectivity index (χ2n) is 9.10. The fourth-order valence-corrected chi connectivity index (χ4v) is 4.80. The summed E-state index contributed by atoms with van der Waals surface area (Å²) in [6.07, 6.45) is 5.43. The van der Waals surface area contributed by atoms with Gasteiger partial charge in [0.1, 0.15) is 33.6 Å². The average molecular weight is 470 g/mol. The Hall–Kier alpha value is -4.28. The van der Waals surface area contributed by atoms with Gasteiger partial charge < -0.3 is 20.4 Å². The Labute approximate surface area is 199 Å². The van der Waals surface area contributed by atoms with E-state index in [0.717, 1.165) is 0 Å². The summed E-state index contributed by atoms with van der Waals surface area (Å²) in [6, 6.07) is 14.7. The molecular weight excluding hydrogens is 448 g/mol. The number of fused-ring (bicyclic) bond motifs is 2. The first-order valence-electron chi connectivity index (χ1n) is 11.1. The summed E-state index contributed by atoms with van der Waals surface area (Å²) in [7, 11) is 0. The number of aliphatic hydroxyl groups is 4. The number of benzene rings is 2. The SMILES string of the molecule is OC1=CC(O)(CC2(O)C=C(O)C=C(n3nc4ccccc4n3)C2)CC(n2nc3ccccc3n2)=C1. The molecule has 0 aliphatic heterocycles. The number of hydrogen-bond acceptors (Lipinski definition) is 8. The molecule has 0 radical (unpaired) electrons. The van der Waals surface area contributed by atoms with Gasteiger partial charge in [0.2, 0.25) is 0 Å². The van der Waals surface area contributed by atoms with Crippen molar-refractivity contribution in [3.05, 3.63) is 84.4 Å². The van der Waals surface area contributed by atoms with Crippen LogP contribution in [0.3, 0.4) is 0 Å². The van der Waals surface area contributed by atoms with E-state index in [1.165, 1.54) is 33.9 Å². The monoisotopic (exact) mass is 470 g/mol. The molecule has 0 amide bonds. The quantitative estimate of drug-likeness (QED) is 0.356. The third-order valence-electron chi connectivity index (χ3n) is 6.14. The first-order valence-corrected chi connectivity index (χ1v) is 11.1. The Balaban J connectivity index is 1.28. The van der Waals surface area contributed by atoms with Gasteiger partial charge in [-0.2, -0.15) is 9.59 Å². The molecule has 2 unspecified atom stereocenters. The van der Waals surface area contributed by atoms with Gasteiger partial charge in [-0.25, -0.2) is 0 Å². The highest BCUT2D eigenvalue weighted by Gasteiger charge is 2.42. The van der Waals surface area contributed by atoms with E-state index in [1.807, 2.05) is 48.5 Å². The van der Waals surface area contributed by atoms with E-state index < -0.39 is 11.2 Å². The summed E-state index contributed by atoms with van der Waals surface area (Å²) in [6.45, 7) is 0. The number of rotatable bonds is 4. The lowest BCUT2D eigenvalue weighted by atomic mass is 9.78. The van der Waals surface area contributed by atoms with Gasteiger partial charge in [-0.3, -0.25) is 0 Å². The van der Waals surface area contributed by atoms with Gasteiger partial charge in [0.05, 0.1) is 22.6 Å². The van der Waals surface area contributed by atoms with Crippen molar-refractivity contribution in [1.29, 1.82) is 0 Å². The predicted octanol–water partition coefficient (Wildman–Crippen LogP) is 3.10. The van der Waals surface area contributed by atoms with Crippen molar-refractivity contribution in [1.82, 2.24) is 30.0 Å². The molecule has 6 rings (SSSR count). The lowest BCUT2D eigenvalue weighted by Crippen LogP contribution is -2.42. The molecule has 35 heavy (non-hydrogen) atoms. The van der Waals surface area contributed by atoms with Gasteiger partial charge in [0, 0.05) is 31.4 Å². The van der Waals surface area contributed by atoms with E-state index in [2.05, 4.69) is 20.4 Å². The van der Waals surface area contributed by atoms with Gasteiger partial charge in [0.15, 0.2) is 0 Å². The van der Waals surface area contributed by atoms with Crippen molar-refractivity contribution in [2.24, 2.45) is 0 Å². The molecule has 0 saturated heterocycles. The Kier molecular flexibility index (Phi) is 4.63. The summed E-state index contributed by atoms with van der Waals surface area (Å²) in [5, 5.41) is 61.4. The Bertz CT molecular complexity index is 1410. The van der Waals surface area contributed by atoms with Gasteiger partial charge in [-0.05, 0) is 36.4 Å². The lowest BCUT2D eigenvalue weighted by molar-refractivity contribution is -0.0124. The first-order chi connectivity index (χ1) is 16.8. The molecule has 2 atom stereocenters. The predicted molar refractivity (Wildman–Crippen MR) is 129 cm³/mol. The maximum absolute atomic E-state index is 11.4. The van der Waals surface area contributed by atoms with Crippen LogP contribution in [-0.2, 0) is 0 Å². The van der Waals surface area contributed by atoms with Gasteiger partial charge >= 0.3 is 0 Å². The molecule has 2 aliphatic carbocycles. The van der Waals surface area contributed by atoms with Crippen LogP contribution in [-0.4, -0.2) is 61.6 Å². The van der Waals surface area contributed by atoms with Crippen LogP contribution < -0.4 is 0 Å². The zero-order valence-corrected chi connectivity index (χ0v) is 18.5. The van der Waals surface area contributed by atoms with E-state index in [-0.39, 0.29) is 30.8 Å². The largest absolute Gasteiger partial charge is 0.508 e. The lowest BCUT2D eigenvalue weighted by Gasteiger charge is -2.37. The number of allylic oxidation sites excluding steroid dienone is 2. The molecule has 4 N–H and O–H groups in total. The van der Waals surface area contributed by atoms with Crippen LogP contribution in [0.5, 0.6) is 0 Å². The van der Waals surface area contributed by atoms with Crippen LogP contribution in [0.1, 0.15) is 19.3 Å². The summed E-state index contributed by atoms with van der Waals surface area (Å²) in [4.78, 5) is 2.75. The zero-order valence-electron chi connectivity index (χ0n) is 18.5. The van der Waals surface area contributed by atoms with Crippen LogP contribution in [0.2, 0.25) is 0 Å². The number of hydrogen-bond donors (Lipinski definition) is 4. The second-order valence-corrected chi connectivity index (χ2v) is 9.10. The van der Waals surface area contributed by atoms with Crippen molar-refractivity contribution >= 4 is 33.5 Å². The van der Waals surface area contributed by atoms with Crippen molar-refractivity contribution in [2.75, 3.05) is 0 Å². The topological polar surface area (TPSA) is 142 Å². The van der Waals surface area contributed by atoms with Gasteiger partial charge in [0.25, 0.3) is 0 Å². The summed E-state index contributed by atoms with van der Waals surface area (Å²) < 4.78 is 0. The molecule has 176 valence electrons. The Morgan fingerprint density at radius 1 is 0.629 bits per heavy atom. The molecule has 0 bridgehead atoms. The third-order valence-corrected chi connectivity index (χ3v) is 6.14. The van der Waals surface area contributed by atoms with Crippen LogP contribution in [0.15, 0.2) is 84.4 Å². The maximum atomic E-state index is 11.4. The molecule has 10 nitrogen and oxygen atoms in total. The maximum Gasteiger partial charge on any atom is 0.116 e. The normalized spacial score (nSPS) is 24.7. The van der Waals surface area contributed by atoms with Gasteiger partial charge in [-0.1, -0.05) is 24.3 Å². The minimum atomic E-state index is -1.63. The fraction of sp³-hybridized carbons (Fsp3) is 0.200. The molecular formula is C25H22N6O4. The summed E-state index contributed by atoms with van der Waals surface area (Å²) >= 11 is 0. The fourth-order valence-electron chi connectivity index (χ4n) is 4.80. The molecule has 4 aromatic rings. The van der Waals surface area contributed by atoms with Crippen molar-refractivity contribution in [2.45, 2.75) is 30.5 Å². The third kappa shape index (κ3) is 3.98. The van der Waals surface area contributed by atoms with Crippen molar-refractivity contribution < 1.29 is 20.4 Å². The molecule has 2 aromatic heterocycles. The minimum absolute atomic E-state index is 0.0396. The van der Waals surface area contributed by atoms with E-state index in [0.29, 0.717) is 33.5 Å².